The molecule has 0 radical (unpaired) electrons. The van der Waals surface area contributed by atoms with E-state index in [1.165, 1.54) is 12.1 Å². The summed E-state index contributed by atoms with van der Waals surface area (Å²) in [6.07, 6.45) is -1.52. The molecule has 2 aromatic carbocycles. The largest absolute Gasteiger partial charge is 0.770 e. The first kappa shape index (κ1) is 25.2. The second kappa shape index (κ2) is 8.81. The fourth-order valence-corrected chi connectivity index (χ4v) is 5.67. The maximum atomic E-state index is 12.9. The summed E-state index contributed by atoms with van der Waals surface area (Å²) >= 11 is 0. The quantitative estimate of drug-likeness (QED) is 0.398. The second-order valence-corrected chi connectivity index (χ2v) is 10.8. The van der Waals surface area contributed by atoms with Crippen LogP contribution in [0.15, 0.2) is 54.6 Å². The molecular weight excluding hydrogens is 472 g/mol. The summed E-state index contributed by atoms with van der Waals surface area (Å²) < 4.78 is 119. The molecule has 13 heteroatoms. The van der Waals surface area contributed by atoms with E-state index in [1.807, 2.05) is 30.3 Å². The number of rotatable bonds is 5. The molecule has 31 heavy (non-hydrogen) atoms. The summed E-state index contributed by atoms with van der Waals surface area (Å²) in [7, 11) is -11.4. The van der Waals surface area contributed by atoms with Crippen molar-refractivity contribution in [2.24, 2.45) is 0 Å². The molecule has 5 nitrogen and oxygen atoms in total. The zero-order valence-corrected chi connectivity index (χ0v) is 17.5. The van der Waals surface area contributed by atoms with Crippen molar-refractivity contribution in [3.63, 3.8) is 0 Å². The third-order valence-electron chi connectivity index (χ3n) is 4.33. The van der Waals surface area contributed by atoms with Crippen LogP contribution in [0.4, 0.5) is 32.0 Å². The van der Waals surface area contributed by atoms with Crippen molar-refractivity contribution < 1.29 is 48.4 Å². The Kier molecular flexibility index (Phi) is 7.15. The van der Waals surface area contributed by atoms with Crippen LogP contribution in [0.2, 0.25) is 0 Å². The normalized spacial score (nSPS) is 17.4. The Labute approximate surface area is 175 Å². The molecular formula is C18H18F6NO4S2+. The van der Waals surface area contributed by atoms with E-state index in [9.17, 15) is 43.5 Å². The second-order valence-electron chi connectivity index (χ2n) is 6.61. The molecule has 0 saturated carbocycles. The summed E-state index contributed by atoms with van der Waals surface area (Å²) in [5.74, 6) is 0. The van der Waals surface area contributed by atoms with E-state index in [1.54, 1.807) is 7.05 Å². The van der Waals surface area contributed by atoms with Crippen LogP contribution in [0.3, 0.4) is 0 Å². The first-order valence-corrected chi connectivity index (χ1v) is 11.5. The molecule has 0 fully saturated rings. The highest BCUT2D eigenvalue weighted by Crippen LogP contribution is 2.32. The van der Waals surface area contributed by atoms with E-state index in [-0.39, 0.29) is 5.56 Å². The smallest absolute Gasteiger partial charge is 0.549 e. The monoisotopic (exact) mass is 490 g/mol. The van der Waals surface area contributed by atoms with E-state index in [0.29, 0.717) is 12.2 Å². The molecule has 0 amide bonds. The van der Waals surface area contributed by atoms with Gasteiger partial charge in [0.25, 0.3) is 0 Å². The standard InChI is InChI=1S/C18H17F6NO4S2/c1-25(12-14-5-3-2-4-6-14)15-9-7-13(8-10-15)11-16(30(26,27)17(19,20)21)31(28,29)18(22,23)24/h2-10H,11-12H2,1H3,(H,26,27)/p+1. The number of hydrogen-bond donors (Lipinski definition) is 1. The van der Waals surface area contributed by atoms with E-state index >= 15 is 0 Å². The summed E-state index contributed by atoms with van der Waals surface area (Å²) in [6, 6.07) is 14.2. The number of halogens is 6. The predicted molar refractivity (Wildman–Crippen MR) is 103 cm³/mol. The third-order valence-corrected chi connectivity index (χ3v) is 8.41. The van der Waals surface area contributed by atoms with Crippen molar-refractivity contribution in [3.05, 3.63) is 65.7 Å². The highest BCUT2D eigenvalue weighted by atomic mass is 32.3. The Morgan fingerprint density at radius 1 is 0.903 bits per heavy atom. The van der Waals surface area contributed by atoms with Crippen LogP contribution in [0, 0.1) is 0 Å². The maximum Gasteiger partial charge on any atom is 0.549 e. The fraction of sp³-hybridized carbons (Fsp3) is 0.278. The van der Waals surface area contributed by atoms with Gasteiger partial charge in [0, 0.05) is 21.8 Å². The van der Waals surface area contributed by atoms with Crippen LogP contribution in [0.25, 0.3) is 0 Å². The SMILES string of the molecule is C[NH+](Cc1ccccc1)c1ccc(CC(S(=O)(=[OH+])C(F)(F)F)=S(=O)([O-])C(F)(F)F)cc1. The molecule has 0 aliphatic carbocycles. The van der Waals surface area contributed by atoms with Gasteiger partial charge in [-0.25, -0.2) is 4.21 Å². The van der Waals surface area contributed by atoms with Crippen molar-refractivity contribution >= 4 is 29.5 Å². The third kappa shape index (κ3) is 5.59. The zero-order valence-electron chi connectivity index (χ0n) is 15.9. The molecule has 0 heterocycles. The van der Waals surface area contributed by atoms with Gasteiger partial charge in [-0.3, -0.25) is 4.21 Å². The number of hydrogen-bond acceptors (Lipinski definition) is 3. The van der Waals surface area contributed by atoms with Gasteiger partial charge < -0.3 is 9.45 Å². The average Bonchev–Trinajstić information content (AvgIpc) is 2.65. The summed E-state index contributed by atoms with van der Waals surface area (Å²) in [5.41, 5.74) is -11.0. The molecule has 0 saturated heterocycles. The molecule has 172 valence electrons. The first-order valence-electron chi connectivity index (χ1n) is 8.53. The van der Waals surface area contributed by atoms with Gasteiger partial charge in [0.05, 0.1) is 7.05 Å². The van der Waals surface area contributed by atoms with Crippen LogP contribution >= 0.6 is 0 Å². The van der Waals surface area contributed by atoms with E-state index < -0.39 is 41.3 Å². The van der Waals surface area contributed by atoms with Gasteiger partial charge in [-0.2, -0.15) is 30.6 Å². The molecule has 2 aromatic rings. The van der Waals surface area contributed by atoms with Crippen molar-refractivity contribution in [1.82, 2.24) is 0 Å². The maximum absolute atomic E-state index is 12.9. The zero-order chi connectivity index (χ0) is 23.7. The Hall–Kier alpha value is -2.09. The molecule has 0 bridgehead atoms. The Bertz CT molecular complexity index is 1130. The summed E-state index contributed by atoms with van der Waals surface area (Å²) in [6.45, 7) is 0.526. The van der Waals surface area contributed by atoms with Gasteiger partial charge in [-0.15, -0.1) is 0 Å². The van der Waals surface area contributed by atoms with Crippen LogP contribution in [-0.4, -0.2) is 39.4 Å². The average molecular weight is 490 g/mol. The van der Waals surface area contributed by atoms with Crippen molar-refractivity contribution in [2.75, 3.05) is 7.05 Å². The van der Waals surface area contributed by atoms with E-state index in [4.69, 9.17) is 0 Å². The van der Waals surface area contributed by atoms with Crippen LogP contribution in [-0.2, 0) is 32.6 Å². The van der Waals surface area contributed by atoms with Crippen LogP contribution < -0.4 is 4.90 Å². The molecule has 3 atom stereocenters. The van der Waals surface area contributed by atoms with Gasteiger partial charge in [-0.1, -0.05) is 42.5 Å². The van der Waals surface area contributed by atoms with Gasteiger partial charge in [0.15, 0.2) is 4.20 Å². The molecule has 3 unspecified atom stereocenters. The molecule has 0 aliphatic rings. The summed E-state index contributed by atoms with van der Waals surface area (Å²) in [4.78, 5) is 0.839. The van der Waals surface area contributed by atoms with Crippen LogP contribution in [0.1, 0.15) is 11.1 Å². The lowest BCUT2D eigenvalue weighted by Gasteiger charge is -2.23. The minimum Gasteiger partial charge on any atom is -0.770 e. The van der Waals surface area contributed by atoms with Gasteiger partial charge in [0.2, 0.25) is 0 Å². The van der Waals surface area contributed by atoms with Gasteiger partial charge >= 0.3 is 20.9 Å². The predicted octanol–water partition coefficient (Wildman–Crippen LogP) is 2.73. The lowest BCUT2D eigenvalue weighted by atomic mass is 10.1. The van der Waals surface area contributed by atoms with E-state index in [2.05, 4.69) is 0 Å². The first-order chi connectivity index (χ1) is 14.1. The number of quaternary nitrogens is 1. The minimum absolute atomic E-state index is 0.301. The topological polar surface area (TPSA) is 83.0 Å². The van der Waals surface area contributed by atoms with Crippen molar-refractivity contribution in [2.45, 2.75) is 24.0 Å². The molecule has 2 rings (SSSR count). The lowest BCUT2D eigenvalue weighted by molar-refractivity contribution is -0.825. The van der Waals surface area contributed by atoms with Crippen molar-refractivity contribution in [1.29, 1.82) is 0 Å². The van der Waals surface area contributed by atoms with Gasteiger partial charge in [0.1, 0.15) is 12.2 Å². The number of benzene rings is 2. The highest BCUT2D eigenvalue weighted by molar-refractivity contribution is 8.22. The summed E-state index contributed by atoms with van der Waals surface area (Å²) in [5, 5.41) is 0. The minimum atomic E-state index is -6.68. The van der Waals surface area contributed by atoms with Crippen LogP contribution in [0.5, 0.6) is 0 Å². The number of nitrogens with one attached hydrogen (secondary N) is 1. The Balaban J connectivity index is 2.41. The highest BCUT2D eigenvalue weighted by Gasteiger charge is 2.57. The Morgan fingerprint density at radius 3 is 1.87 bits per heavy atom. The Morgan fingerprint density at radius 2 is 1.42 bits per heavy atom. The molecule has 0 spiro atoms. The fourth-order valence-electron chi connectivity index (χ4n) is 2.68. The molecule has 0 aromatic heterocycles. The van der Waals surface area contributed by atoms with Gasteiger partial charge in [-0.05, 0) is 17.7 Å². The van der Waals surface area contributed by atoms with Crippen molar-refractivity contribution in [3.8, 4) is 0 Å². The molecule has 2 N–H and O–H groups in total. The number of alkyl halides is 6. The lowest BCUT2D eigenvalue weighted by Crippen LogP contribution is -3.02. The van der Waals surface area contributed by atoms with E-state index in [0.717, 1.165) is 22.6 Å². The molecule has 0 aliphatic heterocycles.